The van der Waals surface area contributed by atoms with Crippen molar-refractivity contribution < 1.29 is 4.74 Å². The van der Waals surface area contributed by atoms with Gasteiger partial charge in [0.1, 0.15) is 0 Å². The lowest BCUT2D eigenvalue weighted by Crippen LogP contribution is -2.49. The molecule has 3 nitrogen and oxygen atoms in total. The number of nitrogens with zero attached hydrogens (tertiary/aromatic N) is 1. The average molecular weight is 282 g/mol. The molecule has 2 rings (SSSR count). The maximum Gasteiger partial charge on any atom is 0.0547 e. The minimum atomic E-state index is 0.330. The topological polar surface area (TPSA) is 24.5 Å². The van der Waals surface area contributed by atoms with Crippen LogP contribution in [0.25, 0.3) is 0 Å². The van der Waals surface area contributed by atoms with Crippen molar-refractivity contribution in [3.05, 3.63) is 0 Å². The fourth-order valence-corrected chi connectivity index (χ4v) is 3.99. The lowest BCUT2D eigenvalue weighted by molar-refractivity contribution is 0.0686. The van der Waals surface area contributed by atoms with Crippen molar-refractivity contribution >= 4 is 0 Å². The van der Waals surface area contributed by atoms with E-state index < -0.39 is 0 Å². The van der Waals surface area contributed by atoms with Crippen molar-refractivity contribution in [2.75, 3.05) is 33.4 Å². The first-order valence-corrected chi connectivity index (χ1v) is 8.54. The van der Waals surface area contributed by atoms with Gasteiger partial charge in [0.2, 0.25) is 0 Å². The van der Waals surface area contributed by atoms with Crippen LogP contribution in [-0.4, -0.2) is 50.3 Å². The first-order chi connectivity index (χ1) is 9.52. The van der Waals surface area contributed by atoms with Crippen molar-refractivity contribution in [3.8, 4) is 0 Å². The minimum Gasteiger partial charge on any atom is -0.381 e. The van der Waals surface area contributed by atoms with Crippen LogP contribution in [0.2, 0.25) is 0 Å². The maximum atomic E-state index is 5.74. The second-order valence-corrected chi connectivity index (χ2v) is 7.58. The van der Waals surface area contributed by atoms with Crippen LogP contribution in [0.3, 0.4) is 0 Å². The smallest absolute Gasteiger partial charge is 0.0547 e. The summed E-state index contributed by atoms with van der Waals surface area (Å²) in [6, 6.07) is 1.34. The first kappa shape index (κ1) is 16.3. The summed E-state index contributed by atoms with van der Waals surface area (Å²) in [6.45, 7) is 11.0. The third kappa shape index (κ3) is 4.19. The molecule has 3 unspecified atom stereocenters. The van der Waals surface area contributed by atoms with E-state index in [1.54, 1.807) is 0 Å². The summed E-state index contributed by atoms with van der Waals surface area (Å²) < 4.78 is 5.74. The molecule has 1 aliphatic heterocycles. The third-order valence-corrected chi connectivity index (χ3v) is 5.29. The molecule has 1 N–H and O–H groups in total. The van der Waals surface area contributed by atoms with Gasteiger partial charge in [0, 0.05) is 37.2 Å². The molecular formula is C17H34N2O. The Labute approximate surface area is 125 Å². The highest BCUT2D eigenvalue weighted by molar-refractivity contribution is 4.91. The summed E-state index contributed by atoms with van der Waals surface area (Å²) in [7, 11) is 2.34. The van der Waals surface area contributed by atoms with Crippen LogP contribution >= 0.6 is 0 Å². The van der Waals surface area contributed by atoms with Crippen LogP contribution in [0, 0.1) is 11.3 Å². The molecule has 20 heavy (non-hydrogen) atoms. The van der Waals surface area contributed by atoms with E-state index in [1.807, 2.05) is 0 Å². The van der Waals surface area contributed by atoms with Gasteiger partial charge in [-0.25, -0.2) is 0 Å². The highest BCUT2D eigenvalue weighted by atomic mass is 16.5. The molecule has 0 spiro atoms. The predicted octanol–water partition coefficient (Wildman–Crippen LogP) is 2.90. The summed E-state index contributed by atoms with van der Waals surface area (Å²) >= 11 is 0. The second kappa shape index (κ2) is 7.24. The summed E-state index contributed by atoms with van der Waals surface area (Å²) in [6.07, 6.45) is 6.83. The van der Waals surface area contributed by atoms with Gasteiger partial charge in [-0.1, -0.05) is 33.6 Å². The quantitative estimate of drug-likeness (QED) is 0.811. The van der Waals surface area contributed by atoms with Gasteiger partial charge in [-0.05, 0) is 32.2 Å². The Balaban J connectivity index is 1.92. The molecule has 1 aliphatic carbocycles. The van der Waals surface area contributed by atoms with Crippen LogP contribution < -0.4 is 5.32 Å². The number of hydrogen-bond donors (Lipinski definition) is 1. The molecule has 0 aromatic rings. The van der Waals surface area contributed by atoms with Gasteiger partial charge in [0.05, 0.1) is 6.61 Å². The van der Waals surface area contributed by atoms with Gasteiger partial charge in [-0.2, -0.15) is 0 Å². The summed E-state index contributed by atoms with van der Waals surface area (Å²) in [5.41, 5.74) is 0.330. The Hall–Kier alpha value is -0.120. The average Bonchev–Trinajstić information content (AvgIpc) is 2.86. The molecule has 2 aliphatic rings. The van der Waals surface area contributed by atoms with Crippen LogP contribution in [0.1, 0.15) is 52.9 Å². The van der Waals surface area contributed by atoms with E-state index in [4.69, 9.17) is 4.74 Å². The molecular weight excluding hydrogens is 248 g/mol. The van der Waals surface area contributed by atoms with E-state index >= 15 is 0 Å². The molecule has 0 amide bonds. The van der Waals surface area contributed by atoms with Crippen molar-refractivity contribution in [2.45, 2.75) is 65.0 Å². The van der Waals surface area contributed by atoms with Crippen LogP contribution in [0.15, 0.2) is 0 Å². The highest BCUT2D eigenvalue weighted by Crippen LogP contribution is 2.33. The molecule has 3 heteroatoms. The van der Waals surface area contributed by atoms with Crippen molar-refractivity contribution in [3.63, 3.8) is 0 Å². The predicted molar refractivity (Wildman–Crippen MR) is 85.1 cm³/mol. The Morgan fingerprint density at radius 1 is 1.30 bits per heavy atom. The zero-order valence-electron chi connectivity index (χ0n) is 14.0. The van der Waals surface area contributed by atoms with E-state index in [0.29, 0.717) is 11.5 Å². The molecule has 2 fully saturated rings. The molecule has 118 valence electrons. The molecule has 0 radical (unpaired) electrons. The maximum absolute atomic E-state index is 5.74. The molecule has 1 saturated heterocycles. The normalized spacial score (nSPS) is 35.1. The fraction of sp³-hybridized carbons (Fsp3) is 1.00. The number of hydrogen-bond acceptors (Lipinski definition) is 3. The first-order valence-electron chi connectivity index (χ1n) is 8.54. The molecule has 1 saturated carbocycles. The summed E-state index contributed by atoms with van der Waals surface area (Å²) in [5, 5.41) is 3.64. The van der Waals surface area contributed by atoms with Gasteiger partial charge in [0.25, 0.3) is 0 Å². The molecule has 3 atom stereocenters. The Morgan fingerprint density at radius 2 is 2.05 bits per heavy atom. The number of rotatable bonds is 6. The lowest BCUT2D eigenvalue weighted by Gasteiger charge is -2.41. The Bertz CT molecular complexity index is 287. The van der Waals surface area contributed by atoms with Gasteiger partial charge in [0.15, 0.2) is 0 Å². The Morgan fingerprint density at radius 3 is 2.65 bits per heavy atom. The van der Waals surface area contributed by atoms with Gasteiger partial charge < -0.3 is 15.0 Å². The van der Waals surface area contributed by atoms with Gasteiger partial charge in [-0.15, -0.1) is 0 Å². The largest absolute Gasteiger partial charge is 0.381 e. The molecule has 0 bridgehead atoms. The lowest BCUT2D eigenvalue weighted by atomic mass is 9.82. The number of ether oxygens (including phenoxy) is 1. The van der Waals surface area contributed by atoms with Crippen LogP contribution in [0.4, 0.5) is 0 Å². The van der Waals surface area contributed by atoms with Crippen molar-refractivity contribution in [1.29, 1.82) is 0 Å². The van der Waals surface area contributed by atoms with Crippen LogP contribution in [-0.2, 0) is 4.74 Å². The van der Waals surface area contributed by atoms with Crippen molar-refractivity contribution in [2.24, 2.45) is 11.3 Å². The SMILES string of the molecule is CC(C)NCC1(CN(C)C2CCCCC2C)CCOC1. The van der Waals surface area contributed by atoms with E-state index in [0.717, 1.165) is 31.7 Å². The highest BCUT2D eigenvalue weighted by Gasteiger charge is 2.38. The standard InChI is InChI=1S/C17H34N2O/c1-14(2)18-11-17(9-10-20-13-17)12-19(4)16-8-6-5-7-15(16)3/h14-16,18H,5-13H2,1-4H3. The zero-order valence-corrected chi connectivity index (χ0v) is 14.0. The molecule has 0 aromatic heterocycles. The number of nitrogens with one attached hydrogen (secondary N) is 1. The van der Waals surface area contributed by atoms with Gasteiger partial charge >= 0.3 is 0 Å². The van der Waals surface area contributed by atoms with Crippen LogP contribution in [0.5, 0.6) is 0 Å². The summed E-state index contributed by atoms with van der Waals surface area (Å²) in [4.78, 5) is 2.64. The van der Waals surface area contributed by atoms with Crippen molar-refractivity contribution in [1.82, 2.24) is 10.2 Å². The summed E-state index contributed by atoms with van der Waals surface area (Å²) in [5.74, 6) is 0.853. The van der Waals surface area contributed by atoms with E-state index in [9.17, 15) is 0 Å². The molecule has 1 heterocycles. The third-order valence-electron chi connectivity index (χ3n) is 5.29. The van der Waals surface area contributed by atoms with E-state index in [2.05, 4.69) is 38.0 Å². The molecule has 0 aromatic carbocycles. The minimum absolute atomic E-state index is 0.330. The Kier molecular flexibility index (Phi) is 5.88. The fourth-order valence-electron chi connectivity index (χ4n) is 3.99. The second-order valence-electron chi connectivity index (χ2n) is 7.58. The zero-order chi connectivity index (χ0) is 14.6. The van der Waals surface area contributed by atoms with Gasteiger partial charge in [-0.3, -0.25) is 0 Å². The van der Waals surface area contributed by atoms with E-state index in [-0.39, 0.29) is 0 Å². The monoisotopic (exact) mass is 282 g/mol. The van der Waals surface area contributed by atoms with E-state index in [1.165, 1.54) is 38.6 Å².